The molecule has 0 aromatic heterocycles. The molecule has 1 N–H and O–H groups in total. The molecule has 3 rings (SSSR count). The van der Waals surface area contributed by atoms with Crippen LogP contribution in [0.3, 0.4) is 0 Å². The number of ether oxygens (including phenoxy) is 1. The first-order valence-electron chi connectivity index (χ1n) is 8.51. The Kier molecular flexibility index (Phi) is 3.92. The first kappa shape index (κ1) is 13.9. The van der Waals surface area contributed by atoms with E-state index in [1.165, 1.54) is 51.4 Å². The molecule has 110 valence electrons. The van der Waals surface area contributed by atoms with Gasteiger partial charge in [-0.1, -0.05) is 39.0 Å². The van der Waals surface area contributed by atoms with Crippen LogP contribution in [0.5, 0.6) is 0 Å². The lowest BCUT2D eigenvalue weighted by atomic mass is 9.63. The van der Waals surface area contributed by atoms with Crippen LogP contribution in [0.1, 0.15) is 77.6 Å². The summed E-state index contributed by atoms with van der Waals surface area (Å²) in [5.74, 6) is 0.958. The Morgan fingerprint density at radius 1 is 0.947 bits per heavy atom. The maximum atomic E-state index is 11.2. The molecule has 3 atom stereocenters. The number of rotatable bonds is 1. The van der Waals surface area contributed by atoms with Gasteiger partial charge in [0.2, 0.25) is 0 Å². The quantitative estimate of drug-likeness (QED) is 0.775. The highest BCUT2D eigenvalue weighted by Crippen LogP contribution is 2.49. The highest BCUT2D eigenvalue weighted by atomic mass is 16.5. The summed E-state index contributed by atoms with van der Waals surface area (Å²) < 4.78 is 6.20. The van der Waals surface area contributed by atoms with Gasteiger partial charge in [0.1, 0.15) is 0 Å². The maximum Gasteiger partial charge on any atom is 0.0703 e. The largest absolute Gasteiger partial charge is 0.389 e. The highest BCUT2D eigenvalue weighted by molar-refractivity contribution is 5.00. The van der Waals surface area contributed by atoms with E-state index in [1.807, 2.05) is 0 Å². The van der Waals surface area contributed by atoms with Gasteiger partial charge in [0.05, 0.1) is 11.2 Å². The van der Waals surface area contributed by atoms with Crippen molar-refractivity contribution in [3.05, 3.63) is 0 Å². The Hall–Kier alpha value is -0.0800. The van der Waals surface area contributed by atoms with Crippen molar-refractivity contribution in [3.8, 4) is 0 Å². The number of hydrogen-bond donors (Lipinski definition) is 1. The van der Waals surface area contributed by atoms with Gasteiger partial charge in [-0.15, -0.1) is 0 Å². The second kappa shape index (κ2) is 5.37. The summed E-state index contributed by atoms with van der Waals surface area (Å²) in [4.78, 5) is 0. The Bertz CT molecular complexity index is 303. The molecule has 2 heteroatoms. The maximum absolute atomic E-state index is 11.2. The van der Waals surface area contributed by atoms with Crippen molar-refractivity contribution in [2.45, 2.75) is 88.8 Å². The second-order valence-corrected chi connectivity index (χ2v) is 7.42. The van der Waals surface area contributed by atoms with Crippen molar-refractivity contribution < 1.29 is 9.84 Å². The number of hydrogen-bond acceptors (Lipinski definition) is 2. The molecule has 3 fully saturated rings. The van der Waals surface area contributed by atoms with Crippen LogP contribution >= 0.6 is 0 Å². The van der Waals surface area contributed by atoms with Crippen molar-refractivity contribution in [3.63, 3.8) is 0 Å². The van der Waals surface area contributed by atoms with E-state index in [2.05, 4.69) is 6.92 Å². The molecule has 1 spiro atoms. The molecule has 0 aromatic carbocycles. The Balaban J connectivity index is 1.73. The number of aliphatic hydroxyl groups is 1. The molecule has 2 aliphatic carbocycles. The average Bonchev–Trinajstić information content (AvgIpc) is 2.43. The van der Waals surface area contributed by atoms with Crippen LogP contribution in [-0.2, 0) is 4.74 Å². The third-order valence-corrected chi connectivity index (χ3v) is 6.28. The van der Waals surface area contributed by atoms with Crippen molar-refractivity contribution in [2.75, 3.05) is 6.61 Å². The molecule has 1 aliphatic heterocycles. The molecule has 0 amide bonds. The van der Waals surface area contributed by atoms with Gasteiger partial charge in [0, 0.05) is 6.61 Å². The molecular weight excluding hydrogens is 236 g/mol. The predicted molar refractivity (Wildman–Crippen MR) is 77.1 cm³/mol. The summed E-state index contributed by atoms with van der Waals surface area (Å²) in [5.41, 5.74) is -0.263. The second-order valence-electron chi connectivity index (χ2n) is 7.42. The molecule has 2 nitrogen and oxygen atoms in total. The van der Waals surface area contributed by atoms with E-state index in [4.69, 9.17) is 4.74 Å². The van der Waals surface area contributed by atoms with Crippen LogP contribution in [0.15, 0.2) is 0 Å². The molecule has 1 heterocycles. The summed E-state index contributed by atoms with van der Waals surface area (Å²) in [6.07, 6.45) is 13.4. The topological polar surface area (TPSA) is 29.5 Å². The minimum Gasteiger partial charge on any atom is -0.389 e. The summed E-state index contributed by atoms with van der Waals surface area (Å²) in [5, 5.41) is 11.2. The fourth-order valence-corrected chi connectivity index (χ4v) is 4.96. The summed E-state index contributed by atoms with van der Waals surface area (Å²) in [6.45, 7) is 3.14. The lowest BCUT2D eigenvalue weighted by Crippen LogP contribution is -2.53. The first-order chi connectivity index (χ1) is 9.15. The standard InChI is InChI=1S/C17H30O2/c1-14-7-3-6-11-17(14,18)15-8-12-19-16(13-15)9-4-2-5-10-16/h14-15,18H,2-13H2,1H3. The lowest BCUT2D eigenvalue weighted by Gasteiger charge is -2.51. The molecule has 19 heavy (non-hydrogen) atoms. The van der Waals surface area contributed by atoms with Crippen LogP contribution in [0, 0.1) is 11.8 Å². The van der Waals surface area contributed by atoms with Gasteiger partial charge in [-0.3, -0.25) is 0 Å². The van der Waals surface area contributed by atoms with Crippen molar-refractivity contribution in [1.82, 2.24) is 0 Å². The molecule has 0 radical (unpaired) electrons. The summed E-state index contributed by atoms with van der Waals surface area (Å²) >= 11 is 0. The van der Waals surface area contributed by atoms with Crippen LogP contribution < -0.4 is 0 Å². The minimum absolute atomic E-state index is 0.133. The first-order valence-corrected chi connectivity index (χ1v) is 8.51. The van der Waals surface area contributed by atoms with E-state index < -0.39 is 5.60 Å². The summed E-state index contributed by atoms with van der Waals surface area (Å²) in [7, 11) is 0. The Morgan fingerprint density at radius 2 is 1.68 bits per heavy atom. The van der Waals surface area contributed by atoms with Gasteiger partial charge in [-0.2, -0.15) is 0 Å². The van der Waals surface area contributed by atoms with Crippen LogP contribution in [0.2, 0.25) is 0 Å². The minimum atomic E-state index is -0.396. The van der Waals surface area contributed by atoms with E-state index in [0.717, 1.165) is 25.9 Å². The molecule has 0 aromatic rings. The van der Waals surface area contributed by atoms with Gasteiger partial charge in [-0.25, -0.2) is 0 Å². The van der Waals surface area contributed by atoms with Gasteiger partial charge in [0.15, 0.2) is 0 Å². The average molecular weight is 266 g/mol. The summed E-state index contributed by atoms with van der Waals surface area (Å²) in [6, 6.07) is 0. The Morgan fingerprint density at radius 3 is 2.42 bits per heavy atom. The fraction of sp³-hybridized carbons (Fsp3) is 1.00. The van der Waals surface area contributed by atoms with E-state index in [9.17, 15) is 5.11 Å². The van der Waals surface area contributed by atoms with Gasteiger partial charge >= 0.3 is 0 Å². The van der Waals surface area contributed by atoms with Crippen molar-refractivity contribution >= 4 is 0 Å². The third kappa shape index (κ3) is 2.58. The zero-order valence-corrected chi connectivity index (χ0v) is 12.5. The monoisotopic (exact) mass is 266 g/mol. The van der Waals surface area contributed by atoms with E-state index in [1.54, 1.807) is 0 Å². The lowest BCUT2D eigenvalue weighted by molar-refractivity contribution is -0.176. The van der Waals surface area contributed by atoms with Crippen LogP contribution in [-0.4, -0.2) is 22.9 Å². The van der Waals surface area contributed by atoms with Gasteiger partial charge < -0.3 is 9.84 Å². The molecule has 0 bridgehead atoms. The Labute approximate surface area is 117 Å². The van der Waals surface area contributed by atoms with E-state index in [0.29, 0.717) is 11.8 Å². The van der Waals surface area contributed by atoms with E-state index in [-0.39, 0.29) is 5.60 Å². The molecule has 3 unspecified atom stereocenters. The molecule has 1 saturated heterocycles. The molecule has 2 saturated carbocycles. The van der Waals surface area contributed by atoms with Crippen molar-refractivity contribution in [2.24, 2.45) is 11.8 Å². The van der Waals surface area contributed by atoms with Gasteiger partial charge in [-0.05, 0) is 50.4 Å². The molecule has 3 aliphatic rings. The SMILES string of the molecule is CC1CCCCC1(O)C1CCOC2(CCCCC2)C1. The van der Waals surface area contributed by atoms with E-state index >= 15 is 0 Å². The zero-order chi connectivity index (χ0) is 13.3. The zero-order valence-electron chi connectivity index (χ0n) is 12.5. The highest BCUT2D eigenvalue weighted by Gasteiger charge is 2.49. The van der Waals surface area contributed by atoms with Crippen LogP contribution in [0.25, 0.3) is 0 Å². The van der Waals surface area contributed by atoms with Gasteiger partial charge in [0.25, 0.3) is 0 Å². The third-order valence-electron chi connectivity index (χ3n) is 6.28. The predicted octanol–water partition coefficient (Wildman–Crippen LogP) is 4.06. The molecular formula is C17H30O2. The van der Waals surface area contributed by atoms with Crippen molar-refractivity contribution in [1.29, 1.82) is 0 Å². The smallest absolute Gasteiger partial charge is 0.0703 e. The van der Waals surface area contributed by atoms with Crippen LogP contribution in [0.4, 0.5) is 0 Å². The fourth-order valence-electron chi connectivity index (χ4n) is 4.96. The normalized spacial score (nSPS) is 43.3.